The van der Waals surface area contributed by atoms with Gasteiger partial charge in [-0.2, -0.15) is 0 Å². The van der Waals surface area contributed by atoms with Gasteiger partial charge >= 0.3 is 5.97 Å². The van der Waals surface area contributed by atoms with E-state index in [9.17, 15) is 14.7 Å². The maximum atomic E-state index is 12.9. The van der Waals surface area contributed by atoms with Crippen molar-refractivity contribution in [1.29, 1.82) is 0 Å². The zero-order valence-electron chi connectivity index (χ0n) is 14.6. The molecule has 0 aromatic heterocycles. The molecule has 0 unspecified atom stereocenters. The van der Waals surface area contributed by atoms with Gasteiger partial charge in [0.15, 0.2) is 11.5 Å². The predicted octanol–water partition coefficient (Wildman–Crippen LogP) is 3.05. The lowest BCUT2D eigenvalue weighted by atomic mass is 9.73. The van der Waals surface area contributed by atoms with Gasteiger partial charge < -0.3 is 19.5 Å². The van der Waals surface area contributed by atoms with E-state index in [4.69, 9.17) is 21.1 Å². The Kier molecular flexibility index (Phi) is 4.23. The van der Waals surface area contributed by atoms with Crippen LogP contribution in [0.2, 0.25) is 5.02 Å². The van der Waals surface area contributed by atoms with Gasteiger partial charge in [0.1, 0.15) is 12.0 Å². The van der Waals surface area contributed by atoms with Crippen LogP contribution in [0.15, 0.2) is 42.5 Å². The number of methoxy groups -OCH3 is 1. The molecule has 2 aromatic carbocycles. The second kappa shape index (κ2) is 6.46. The Bertz CT molecular complexity index is 913. The van der Waals surface area contributed by atoms with Crippen molar-refractivity contribution in [2.45, 2.75) is 5.92 Å². The average molecular weight is 388 g/mol. The Labute approximate surface area is 161 Å². The minimum atomic E-state index is -1.18. The molecule has 1 fully saturated rings. The highest BCUT2D eigenvalue weighted by Gasteiger charge is 2.58. The number of aliphatic carboxylic acids is 1. The standard InChI is InChI=1S/C20H18ClNO5/c1-26-16-4-2-3-14-15-9-22(18(23)12-5-7-13(21)8-6-12)10-20(15,19(24)25)11-27-17(14)16/h2-8,15H,9-11H2,1H3,(H,24,25)/t15-,20-/m0/s1. The monoisotopic (exact) mass is 387 g/mol. The van der Waals surface area contributed by atoms with E-state index in [0.29, 0.717) is 28.6 Å². The third-order valence-corrected chi connectivity index (χ3v) is 5.68. The lowest BCUT2D eigenvalue weighted by Crippen LogP contribution is -2.46. The highest BCUT2D eigenvalue weighted by atomic mass is 35.5. The maximum absolute atomic E-state index is 12.9. The van der Waals surface area contributed by atoms with Crippen LogP contribution in [0.25, 0.3) is 0 Å². The lowest BCUT2D eigenvalue weighted by Gasteiger charge is -2.36. The number of nitrogens with zero attached hydrogens (tertiary/aromatic N) is 1. The topological polar surface area (TPSA) is 76.1 Å². The molecule has 27 heavy (non-hydrogen) atoms. The Morgan fingerprint density at radius 1 is 1.26 bits per heavy atom. The molecule has 2 aliphatic rings. The normalized spacial score (nSPS) is 23.2. The van der Waals surface area contributed by atoms with Crippen LogP contribution in [0.4, 0.5) is 0 Å². The highest BCUT2D eigenvalue weighted by molar-refractivity contribution is 6.30. The smallest absolute Gasteiger partial charge is 0.315 e. The summed E-state index contributed by atoms with van der Waals surface area (Å²) in [5, 5.41) is 10.5. The number of amides is 1. The van der Waals surface area contributed by atoms with Crippen LogP contribution in [-0.4, -0.2) is 48.7 Å². The fourth-order valence-electron chi connectivity index (χ4n) is 3.98. The molecule has 0 saturated carbocycles. The number of fused-ring (bicyclic) bond motifs is 3. The van der Waals surface area contributed by atoms with Crippen LogP contribution in [0.1, 0.15) is 21.8 Å². The largest absolute Gasteiger partial charge is 0.493 e. The van der Waals surface area contributed by atoms with Crippen LogP contribution in [0.3, 0.4) is 0 Å². The quantitative estimate of drug-likeness (QED) is 0.876. The molecule has 140 valence electrons. The van der Waals surface area contributed by atoms with Gasteiger partial charge in [-0.1, -0.05) is 23.7 Å². The van der Waals surface area contributed by atoms with Gasteiger partial charge in [0, 0.05) is 35.2 Å². The molecule has 0 aliphatic carbocycles. The number of likely N-dealkylation sites (tertiary alicyclic amines) is 1. The van der Waals surface area contributed by atoms with Crippen molar-refractivity contribution in [3.63, 3.8) is 0 Å². The highest BCUT2D eigenvalue weighted by Crippen LogP contribution is 2.52. The Morgan fingerprint density at radius 3 is 2.67 bits per heavy atom. The van der Waals surface area contributed by atoms with Crippen molar-refractivity contribution in [2.24, 2.45) is 5.41 Å². The van der Waals surface area contributed by atoms with Crippen molar-refractivity contribution in [3.05, 3.63) is 58.6 Å². The molecule has 1 amide bonds. The summed E-state index contributed by atoms with van der Waals surface area (Å²) in [6.07, 6.45) is 0. The predicted molar refractivity (Wildman–Crippen MR) is 98.7 cm³/mol. The number of benzene rings is 2. The van der Waals surface area contributed by atoms with Gasteiger partial charge in [-0.05, 0) is 30.3 Å². The number of carboxylic acid groups (broad SMARTS) is 1. The number of para-hydroxylation sites is 1. The summed E-state index contributed by atoms with van der Waals surface area (Å²) in [6, 6.07) is 12.0. The summed E-state index contributed by atoms with van der Waals surface area (Å²) in [4.78, 5) is 26.7. The first-order valence-corrected chi connectivity index (χ1v) is 8.92. The van der Waals surface area contributed by atoms with Crippen molar-refractivity contribution in [3.8, 4) is 11.5 Å². The number of halogens is 1. The average Bonchev–Trinajstić information content (AvgIpc) is 3.09. The zero-order valence-corrected chi connectivity index (χ0v) is 15.4. The molecule has 7 heteroatoms. The number of carboxylic acids is 1. The van der Waals surface area contributed by atoms with Gasteiger partial charge in [0.2, 0.25) is 0 Å². The number of hydrogen-bond acceptors (Lipinski definition) is 4. The first kappa shape index (κ1) is 17.7. The Morgan fingerprint density at radius 2 is 2.00 bits per heavy atom. The van der Waals surface area contributed by atoms with E-state index >= 15 is 0 Å². The van der Waals surface area contributed by atoms with E-state index in [-0.39, 0.29) is 25.0 Å². The molecule has 4 rings (SSSR count). The van der Waals surface area contributed by atoms with Gasteiger partial charge in [-0.25, -0.2) is 0 Å². The van der Waals surface area contributed by atoms with Crippen LogP contribution < -0.4 is 9.47 Å². The summed E-state index contributed by atoms with van der Waals surface area (Å²) in [6.45, 7) is 0.382. The van der Waals surface area contributed by atoms with Crippen LogP contribution >= 0.6 is 11.6 Å². The summed E-state index contributed by atoms with van der Waals surface area (Å²) >= 11 is 5.89. The minimum Gasteiger partial charge on any atom is -0.493 e. The molecule has 2 aromatic rings. The summed E-state index contributed by atoms with van der Waals surface area (Å²) < 4.78 is 11.2. The minimum absolute atomic E-state index is 0.00916. The molecular formula is C20H18ClNO5. The molecule has 0 radical (unpaired) electrons. The Balaban J connectivity index is 1.72. The van der Waals surface area contributed by atoms with Crippen molar-refractivity contribution < 1.29 is 24.2 Å². The molecule has 0 spiro atoms. The van der Waals surface area contributed by atoms with Crippen LogP contribution in [0.5, 0.6) is 11.5 Å². The number of ether oxygens (including phenoxy) is 2. The molecule has 1 N–H and O–H groups in total. The van der Waals surface area contributed by atoms with Gasteiger partial charge in [0.05, 0.1) is 7.11 Å². The van der Waals surface area contributed by atoms with E-state index in [1.807, 2.05) is 12.1 Å². The van der Waals surface area contributed by atoms with Gasteiger partial charge in [0.25, 0.3) is 5.91 Å². The van der Waals surface area contributed by atoms with E-state index in [1.165, 1.54) is 0 Å². The van der Waals surface area contributed by atoms with Crippen molar-refractivity contribution >= 4 is 23.5 Å². The van der Waals surface area contributed by atoms with Gasteiger partial charge in [-0.3, -0.25) is 9.59 Å². The lowest BCUT2D eigenvalue weighted by molar-refractivity contribution is -0.151. The van der Waals surface area contributed by atoms with E-state index in [2.05, 4.69) is 0 Å². The van der Waals surface area contributed by atoms with Crippen LogP contribution in [-0.2, 0) is 4.79 Å². The summed E-state index contributed by atoms with van der Waals surface area (Å²) in [7, 11) is 1.54. The molecule has 6 nitrogen and oxygen atoms in total. The first-order chi connectivity index (χ1) is 13.0. The first-order valence-electron chi connectivity index (χ1n) is 8.54. The second-order valence-corrected chi connectivity index (χ2v) is 7.31. The fourth-order valence-corrected chi connectivity index (χ4v) is 4.11. The molecule has 2 atom stereocenters. The SMILES string of the molecule is COc1cccc2c1OC[C@@]1(C(=O)O)CN(C(=O)c3ccc(Cl)cc3)C[C@@H]21. The summed E-state index contributed by atoms with van der Waals surface area (Å²) in [5.41, 5.74) is 0.0568. The number of hydrogen-bond donors (Lipinski definition) is 1. The number of carbonyl (C=O) groups excluding carboxylic acids is 1. The second-order valence-electron chi connectivity index (χ2n) is 6.87. The molecule has 0 bridgehead atoms. The van der Waals surface area contributed by atoms with Crippen molar-refractivity contribution in [1.82, 2.24) is 4.90 Å². The molecule has 2 aliphatic heterocycles. The van der Waals surface area contributed by atoms with Gasteiger partial charge in [-0.15, -0.1) is 0 Å². The third kappa shape index (κ3) is 2.72. The fraction of sp³-hybridized carbons (Fsp3) is 0.300. The van der Waals surface area contributed by atoms with Crippen LogP contribution in [0, 0.1) is 5.41 Å². The molecular weight excluding hydrogens is 370 g/mol. The van der Waals surface area contributed by atoms with E-state index < -0.39 is 11.4 Å². The molecule has 2 heterocycles. The molecule has 1 saturated heterocycles. The van der Waals surface area contributed by atoms with E-state index in [1.54, 1.807) is 42.3 Å². The maximum Gasteiger partial charge on any atom is 0.315 e. The number of rotatable bonds is 3. The van der Waals surface area contributed by atoms with E-state index in [0.717, 1.165) is 5.56 Å². The van der Waals surface area contributed by atoms with Crippen molar-refractivity contribution in [2.75, 3.05) is 26.8 Å². The summed E-state index contributed by atoms with van der Waals surface area (Å²) in [5.74, 6) is -0.430. The zero-order chi connectivity index (χ0) is 19.2. The third-order valence-electron chi connectivity index (χ3n) is 5.43. The Hall–Kier alpha value is -2.73. The number of carbonyl (C=O) groups is 2.